The number of rotatable bonds is 5. The highest BCUT2D eigenvalue weighted by Gasteiger charge is 2.42. The Labute approximate surface area is 223 Å². The lowest BCUT2D eigenvalue weighted by atomic mass is 9.73. The van der Waals surface area contributed by atoms with Crippen LogP contribution >= 0.6 is 0 Å². The van der Waals surface area contributed by atoms with Crippen molar-refractivity contribution in [3.63, 3.8) is 0 Å². The van der Waals surface area contributed by atoms with Crippen molar-refractivity contribution < 1.29 is 19.1 Å². The van der Waals surface area contributed by atoms with Gasteiger partial charge in [-0.1, -0.05) is 56.3 Å². The summed E-state index contributed by atoms with van der Waals surface area (Å²) in [6.45, 7) is 8.14. The summed E-state index contributed by atoms with van der Waals surface area (Å²) in [5, 5.41) is 3.50. The average molecular weight is 509 g/mol. The van der Waals surface area contributed by atoms with E-state index in [9.17, 15) is 14.4 Å². The van der Waals surface area contributed by atoms with Gasteiger partial charge in [0.25, 0.3) is 0 Å². The molecule has 0 aromatic heterocycles. The highest BCUT2D eigenvalue weighted by Crippen LogP contribution is 2.48. The van der Waals surface area contributed by atoms with Gasteiger partial charge in [-0.05, 0) is 54.7 Å². The van der Waals surface area contributed by atoms with Crippen molar-refractivity contribution in [2.45, 2.75) is 46.6 Å². The van der Waals surface area contributed by atoms with Crippen molar-refractivity contribution in [3.8, 4) is 5.75 Å². The summed E-state index contributed by atoms with van der Waals surface area (Å²) < 4.78 is 5.63. The normalized spacial score (nSPS) is 18.2. The smallest absolute Gasteiger partial charge is 0.224 e. The molecular weight excluding hydrogens is 476 g/mol. The van der Waals surface area contributed by atoms with Crippen molar-refractivity contribution in [3.05, 3.63) is 101 Å². The number of Topliss-reactive ketones (excluding diaryl/α,β-unsaturated/α-hetero) is 1. The first-order valence-electron chi connectivity index (χ1n) is 13.0. The van der Waals surface area contributed by atoms with Crippen LogP contribution in [0.3, 0.4) is 0 Å². The summed E-state index contributed by atoms with van der Waals surface area (Å²) in [6.07, 6.45) is 1.03. The first-order valence-corrected chi connectivity index (χ1v) is 13.0. The maximum atomic E-state index is 13.7. The van der Waals surface area contributed by atoms with E-state index < -0.39 is 6.04 Å². The lowest BCUT2D eigenvalue weighted by Crippen LogP contribution is -2.38. The molecule has 3 aromatic carbocycles. The largest absolute Gasteiger partial charge is 0.494 e. The number of allylic oxidation sites excluding steroid dienone is 1. The van der Waals surface area contributed by atoms with E-state index in [1.807, 2.05) is 49.4 Å². The van der Waals surface area contributed by atoms with Crippen LogP contribution in [0.1, 0.15) is 68.1 Å². The fraction of sp³-hybridized carbons (Fsp3) is 0.281. The first kappa shape index (κ1) is 25.5. The minimum Gasteiger partial charge on any atom is -0.494 e. The molecule has 194 valence electrons. The van der Waals surface area contributed by atoms with Crippen molar-refractivity contribution in [1.29, 1.82) is 0 Å². The molecule has 1 aliphatic heterocycles. The molecule has 1 amide bonds. The van der Waals surface area contributed by atoms with Gasteiger partial charge in [-0.3, -0.25) is 19.3 Å². The lowest BCUT2D eigenvalue weighted by molar-refractivity contribution is -0.118. The standard InChI is InChI=1S/C32H32N2O4/c1-5-38-24-14-11-21(12-15-24)30-29-26(18-32(3,4)19-28(29)36)33-25-17-23(13-16-27(25)34(30)20(2)35)31(37)22-9-7-6-8-10-22/h6-17,30,33H,5,18-19H2,1-4H3/t30-/m0/s1. The number of nitrogens with one attached hydrogen (secondary N) is 1. The molecule has 0 bridgehead atoms. The van der Waals surface area contributed by atoms with Crippen molar-refractivity contribution in [2.24, 2.45) is 5.41 Å². The van der Waals surface area contributed by atoms with Gasteiger partial charge in [-0.15, -0.1) is 0 Å². The van der Waals surface area contributed by atoms with Gasteiger partial charge in [-0.25, -0.2) is 0 Å². The predicted molar refractivity (Wildman–Crippen MR) is 148 cm³/mol. The molecule has 1 aliphatic carbocycles. The van der Waals surface area contributed by atoms with Crippen LogP contribution in [0, 0.1) is 5.41 Å². The molecule has 38 heavy (non-hydrogen) atoms. The second-order valence-corrected chi connectivity index (χ2v) is 10.7. The number of anilines is 2. The molecular formula is C32H32N2O4. The summed E-state index contributed by atoms with van der Waals surface area (Å²) in [5.74, 6) is 0.445. The van der Waals surface area contributed by atoms with E-state index in [4.69, 9.17) is 4.74 Å². The Balaban J connectivity index is 1.69. The molecule has 5 rings (SSSR count). The second-order valence-electron chi connectivity index (χ2n) is 10.7. The first-order chi connectivity index (χ1) is 18.2. The number of amides is 1. The van der Waals surface area contributed by atoms with Crippen LogP contribution in [0.25, 0.3) is 0 Å². The average Bonchev–Trinajstić information content (AvgIpc) is 3.02. The third kappa shape index (κ3) is 4.74. The van der Waals surface area contributed by atoms with Crippen molar-refractivity contribution in [2.75, 3.05) is 16.8 Å². The van der Waals surface area contributed by atoms with Crippen LogP contribution in [-0.2, 0) is 9.59 Å². The van der Waals surface area contributed by atoms with Crippen molar-refractivity contribution >= 4 is 28.8 Å². The number of fused-ring (bicyclic) bond motifs is 1. The molecule has 1 N–H and O–H groups in total. The number of ketones is 2. The highest BCUT2D eigenvalue weighted by molar-refractivity contribution is 6.11. The van der Waals surface area contributed by atoms with Crippen molar-refractivity contribution in [1.82, 2.24) is 0 Å². The summed E-state index contributed by atoms with van der Waals surface area (Å²) >= 11 is 0. The fourth-order valence-corrected chi connectivity index (χ4v) is 5.52. The minimum absolute atomic E-state index is 0.0160. The van der Waals surface area contributed by atoms with E-state index in [0.29, 0.717) is 47.5 Å². The third-order valence-electron chi connectivity index (χ3n) is 7.14. The Morgan fingerprint density at radius 2 is 1.68 bits per heavy atom. The summed E-state index contributed by atoms with van der Waals surface area (Å²) in [4.78, 5) is 41.9. The molecule has 0 radical (unpaired) electrons. The Hall–Kier alpha value is -4.19. The van der Waals surface area contributed by atoms with Gasteiger partial charge >= 0.3 is 0 Å². The predicted octanol–water partition coefficient (Wildman–Crippen LogP) is 6.48. The van der Waals surface area contributed by atoms with E-state index in [2.05, 4.69) is 19.2 Å². The van der Waals surface area contributed by atoms with Crippen LogP contribution in [0.5, 0.6) is 5.75 Å². The van der Waals surface area contributed by atoms with Crippen LogP contribution < -0.4 is 15.0 Å². The summed E-state index contributed by atoms with van der Waals surface area (Å²) in [5.41, 5.74) is 4.32. The number of carbonyl (C=O) groups excluding carboxylic acids is 3. The Bertz CT molecular complexity index is 1440. The number of ether oxygens (including phenoxy) is 1. The van der Waals surface area contributed by atoms with Gasteiger partial charge in [0, 0.05) is 35.7 Å². The zero-order valence-corrected chi connectivity index (χ0v) is 22.2. The number of nitrogens with zero attached hydrogens (tertiary/aromatic N) is 1. The number of benzene rings is 3. The second kappa shape index (κ2) is 9.93. The van der Waals surface area contributed by atoms with E-state index >= 15 is 0 Å². The van der Waals surface area contributed by atoms with E-state index in [1.54, 1.807) is 35.2 Å². The molecule has 0 saturated heterocycles. The molecule has 6 nitrogen and oxygen atoms in total. The van der Waals surface area contributed by atoms with Gasteiger partial charge in [0.2, 0.25) is 5.91 Å². The quantitative estimate of drug-likeness (QED) is 0.399. The number of hydrogen-bond acceptors (Lipinski definition) is 5. The Kier molecular flexibility index (Phi) is 6.66. The molecule has 0 spiro atoms. The van der Waals surface area contributed by atoms with Gasteiger partial charge in [0.1, 0.15) is 5.75 Å². The monoisotopic (exact) mass is 508 g/mol. The zero-order valence-electron chi connectivity index (χ0n) is 22.2. The molecule has 0 unspecified atom stereocenters. The molecule has 6 heteroatoms. The molecule has 1 heterocycles. The zero-order chi connectivity index (χ0) is 27.0. The van der Waals surface area contributed by atoms with Crippen LogP contribution in [0.2, 0.25) is 0 Å². The molecule has 0 saturated carbocycles. The molecule has 0 fully saturated rings. The molecule has 2 aliphatic rings. The molecule has 1 atom stereocenters. The Morgan fingerprint density at radius 1 is 0.974 bits per heavy atom. The summed E-state index contributed by atoms with van der Waals surface area (Å²) in [7, 11) is 0. The van der Waals surface area contributed by atoms with Gasteiger partial charge < -0.3 is 10.1 Å². The van der Waals surface area contributed by atoms with Gasteiger partial charge in [0.15, 0.2) is 11.6 Å². The maximum absolute atomic E-state index is 13.7. The van der Waals surface area contributed by atoms with Gasteiger partial charge in [0.05, 0.1) is 24.0 Å². The Morgan fingerprint density at radius 3 is 2.34 bits per heavy atom. The van der Waals surface area contributed by atoms with E-state index in [0.717, 1.165) is 17.0 Å². The highest BCUT2D eigenvalue weighted by atomic mass is 16.5. The molecule has 3 aromatic rings. The van der Waals surface area contributed by atoms with Gasteiger partial charge in [-0.2, -0.15) is 0 Å². The van der Waals surface area contributed by atoms with Crippen LogP contribution in [0.15, 0.2) is 84.1 Å². The lowest BCUT2D eigenvalue weighted by Gasteiger charge is -2.36. The van der Waals surface area contributed by atoms with Crippen LogP contribution in [0.4, 0.5) is 11.4 Å². The van der Waals surface area contributed by atoms with Crippen LogP contribution in [-0.4, -0.2) is 24.1 Å². The topological polar surface area (TPSA) is 75.7 Å². The SMILES string of the molecule is CCOc1ccc([C@H]2C3=C(CC(C)(C)CC3=O)Nc3cc(C(=O)c4ccccc4)ccc3N2C(C)=O)cc1. The minimum atomic E-state index is -0.605. The van der Waals surface area contributed by atoms with E-state index in [-0.39, 0.29) is 22.9 Å². The number of carbonyl (C=O) groups is 3. The maximum Gasteiger partial charge on any atom is 0.224 e. The third-order valence-corrected chi connectivity index (χ3v) is 7.14. The number of hydrogen-bond donors (Lipinski definition) is 1. The summed E-state index contributed by atoms with van der Waals surface area (Å²) in [6, 6.07) is 21.4. The van der Waals surface area contributed by atoms with E-state index in [1.165, 1.54) is 6.92 Å². The fourth-order valence-electron chi connectivity index (χ4n) is 5.52.